The minimum Gasteiger partial charge on any atom is -0.400 e. The number of hydrogen-bond donors (Lipinski definition) is 0. The summed E-state index contributed by atoms with van der Waals surface area (Å²) in [7, 11) is -0.148. The van der Waals surface area contributed by atoms with E-state index >= 15 is 0 Å². The molecular formula is C13H23BO2. The van der Waals surface area contributed by atoms with Crippen molar-refractivity contribution >= 4 is 7.12 Å². The monoisotopic (exact) mass is 222 g/mol. The van der Waals surface area contributed by atoms with Gasteiger partial charge in [0.05, 0.1) is 11.2 Å². The van der Waals surface area contributed by atoms with Gasteiger partial charge in [-0.05, 0) is 52.9 Å². The highest BCUT2D eigenvalue weighted by Gasteiger charge is 2.50. The third kappa shape index (κ3) is 2.21. The van der Waals surface area contributed by atoms with Gasteiger partial charge in [0.25, 0.3) is 0 Å². The summed E-state index contributed by atoms with van der Waals surface area (Å²) in [6.07, 6.45) is 3.74. The van der Waals surface area contributed by atoms with E-state index in [1.165, 1.54) is 24.8 Å². The Morgan fingerprint density at radius 2 is 1.75 bits per heavy atom. The second kappa shape index (κ2) is 3.88. The Morgan fingerprint density at radius 1 is 1.19 bits per heavy atom. The van der Waals surface area contributed by atoms with E-state index in [1.54, 1.807) is 0 Å². The first-order valence-electron chi connectivity index (χ1n) is 6.35. The molecule has 0 aromatic heterocycles. The van der Waals surface area contributed by atoms with E-state index in [0.29, 0.717) is 0 Å². The van der Waals surface area contributed by atoms with Crippen molar-refractivity contribution in [1.29, 1.82) is 0 Å². The molecule has 0 spiro atoms. The zero-order valence-corrected chi connectivity index (χ0v) is 11.2. The minimum atomic E-state index is -0.209. The smallest absolute Gasteiger partial charge is 0.400 e. The summed E-state index contributed by atoms with van der Waals surface area (Å²) in [5.74, 6) is 3.02. The van der Waals surface area contributed by atoms with E-state index in [0.717, 1.165) is 5.92 Å². The van der Waals surface area contributed by atoms with Crippen molar-refractivity contribution in [2.24, 2.45) is 5.92 Å². The molecule has 0 radical (unpaired) electrons. The van der Waals surface area contributed by atoms with E-state index in [1.807, 2.05) is 0 Å². The highest BCUT2D eigenvalue weighted by Crippen LogP contribution is 2.38. The molecule has 2 aliphatic rings. The molecule has 2 rings (SSSR count). The van der Waals surface area contributed by atoms with Crippen LogP contribution in [0.25, 0.3) is 0 Å². The van der Waals surface area contributed by atoms with Crippen LogP contribution in [0.15, 0.2) is 11.5 Å². The van der Waals surface area contributed by atoms with E-state index in [2.05, 4.69) is 40.6 Å². The van der Waals surface area contributed by atoms with Crippen LogP contribution in [0, 0.1) is 5.92 Å². The zero-order chi connectivity index (χ0) is 12.0. The average molecular weight is 222 g/mol. The Balaban J connectivity index is 2.04. The summed E-state index contributed by atoms with van der Waals surface area (Å²) >= 11 is 0. The third-order valence-corrected chi connectivity index (χ3v) is 4.21. The van der Waals surface area contributed by atoms with E-state index < -0.39 is 0 Å². The first-order valence-corrected chi connectivity index (χ1v) is 6.35. The largest absolute Gasteiger partial charge is 0.487 e. The van der Waals surface area contributed by atoms with Gasteiger partial charge >= 0.3 is 7.12 Å². The number of hydrogen-bond acceptors (Lipinski definition) is 2. The molecule has 0 amide bonds. The van der Waals surface area contributed by atoms with Gasteiger partial charge in [0.15, 0.2) is 0 Å². The molecule has 1 unspecified atom stereocenters. The lowest BCUT2D eigenvalue weighted by Crippen LogP contribution is -2.41. The fourth-order valence-electron chi connectivity index (χ4n) is 2.38. The van der Waals surface area contributed by atoms with Crippen molar-refractivity contribution in [2.45, 2.75) is 65.1 Å². The molecule has 90 valence electrons. The van der Waals surface area contributed by atoms with E-state index in [9.17, 15) is 0 Å². The minimum absolute atomic E-state index is 0.148. The molecule has 1 atom stereocenters. The van der Waals surface area contributed by atoms with Gasteiger partial charge in [-0.2, -0.15) is 0 Å². The summed E-state index contributed by atoms with van der Waals surface area (Å²) in [5.41, 5.74) is 1.09. The Hall–Kier alpha value is -0.275. The molecule has 1 aliphatic carbocycles. The van der Waals surface area contributed by atoms with Crippen LogP contribution in [0.2, 0.25) is 0 Å². The van der Waals surface area contributed by atoms with Crippen molar-refractivity contribution in [1.82, 2.24) is 0 Å². The van der Waals surface area contributed by atoms with Gasteiger partial charge < -0.3 is 9.31 Å². The molecule has 2 fully saturated rings. The molecule has 3 heteroatoms. The van der Waals surface area contributed by atoms with Gasteiger partial charge in [-0.1, -0.05) is 18.5 Å². The zero-order valence-electron chi connectivity index (χ0n) is 11.2. The first kappa shape index (κ1) is 12.2. The van der Waals surface area contributed by atoms with Crippen molar-refractivity contribution in [3.8, 4) is 0 Å². The highest BCUT2D eigenvalue weighted by atomic mass is 16.7. The summed E-state index contributed by atoms with van der Waals surface area (Å²) < 4.78 is 11.9. The molecule has 16 heavy (non-hydrogen) atoms. The van der Waals surface area contributed by atoms with E-state index in [4.69, 9.17) is 9.31 Å². The normalized spacial score (nSPS) is 34.9. The Bertz CT molecular complexity index is 291. The summed E-state index contributed by atoms with van der Waals surface area (Å²) in [6, 6.07) is 0. The van der Waals surface area contributed by atoms with E-state index in [-0.39, 0.29) is 18.3 Å². The lowest BCUT2D eigenvalue weighted by atomic mass is 9.86. The molecule has 0 aromatic carbocycles. The second-order valence-electron chi connectivity index (χ2n) is 6.30. The van der Waals surface area contributed by atoms with Gasteiger partial charge in [-0.25, -0.2) is 0 Å². The SMILES string of the molecule is CC1CC/C(=C/B2OC(C)(C)C(C)(C)O2)C1. The standard InChI is InChI=1S/C13H23BO2/c1-10-6-7-11(8-10)9-14-15-12(2,3)13(4,5)16-14/h9-10H,6-8H2,1-5H3/b11-9-. The Labute approximate surface area is 99.5 Å². The van der Waals surface area contributed by atoms with Crippen molar-refractivity contribution in [3.63, 3.8) is 0 Å². The van der Waals surface area contributed by atoms with Gasteiger partial charge in [-0.3, -0.25) is 0 Å². The van der Waals surface area contributed by atoms with Crippen LogP contribution < -0.4 is 0 Å². The maximum atomic E-state index is 5.96. The number of allylic oxidation sites excluding steroid dienone is 1. The van der Waals surface area contributed by atoms with Crippen molar-refractivity contribution in [2.75, 3.05) is 0 Å². The fraction of sp³-hybridized carbons (Fsp3) is 0.846. The Morgan fingerprint density at radius 3 is 2.19 bits per heavy atom. The lowest BCUT2D eigenvalue weighted by Gasteiger charge is -2.32. The average Bonchev–Trinajstić information content (AvgIpc) is 2.56. The van der Waals surface area contributed by atoms with Crippen LogP contribution in [0.3, 0.4) is 0 Å². The summed E-state index contributed by atoms with van der Waals surface area (Å²) in [6.45, 7) is 10.7. The molecule has 0 aromatic rings. The molecular weight excluding hydrogens is 199 g/mol. The second-order valence-corrected chi connectivity index (χ2v) is 6.30. The molecule has 1 heterocycles. The lowest BCUT2D eigenvalue weighted by molar-refractivity contribution is 0.00578. The predicted molar refractivity (Wildman–Crippen MR) is 67.2 cm³/mol. The summed E-state index contributed by atoms with van der Waals surface area (Å²) in [4.78, 5) is 0. The topological polar surface area (TPSA) is 18.5 Å². The van der Waals surface area contributed by atoms with Gasteiger partial charge in [0.2, 0.25) is 0 Å². The van der Waals surface area contributed by atoms with Crippen LogP contribution in [-0.2, 0) is 9.31 Å². The van der Waals surface area contributed by atoms with Gasteiger partial charge in [-0.15, -0.1) is 0 Å². The quantitative estimate of drug-likeness (QED) is 0.633. The highest BCUT2D eigenvalue weighted by molar-refractivity contribution is 6.51. The maximum Gasteiger partial charge on any atom is 0.487 e. The van der Waals surface area contributed by atoms with Crippen molar-refractivity contribution < 1.29 is 9.31 Å². The molecule has 2 nitrogen and oxygen atoms in total. The maximum absolute atomic E-state index is 5.96. The van der Waals surface area contributed by atoms with Crippen LogP contribution in [-0.4, -0.2) is 18.3 Å². The summed E-state index contributed by atoms with van der Waals surface area (Å²) in [5, 5.41) is 0. The van der Waals surface area contributed by atoms with Crippen LogP contribution in [0.1, 0.15) is 53.9 Å². The third-order valence-electron chi connectivity index (χ3n) is 4.21. The Kier molecular flexibility index (Phi) is 2.96. The number of rotatable bonds is 1. The van der Waals surface area contributed by atoms with Crippen molar-refractivity contribution in [3.05, 3.63) is 11.5 Å². The molecule has 0 N–H and O–H groups in total. The molecule has 0 bridgehead atoms. The molecule has 1 aliphatic heterocycles. The van der Waals surface area contributed by atoms with Crippen LogP contribution in [0.5, 0.6) is 0 Å². The fourth-order valence-corrected chi connectivity index (χ4v) is 2.38. The van der Waals surface area contributed by atoms with Gasteiger partial charge in [0.1, 0.15) is 0 Å². The van der Waals surface area contributed by atoms with Crippen LogP contribution >= 0.6 is 0 Å². The predicted octanol–water partition coefficient (Wildman–Crippen LogP) is 3.36. The van der Waals surface area contributed by atoms with Gasteiger partial charge in [0, 0.05) is 0 Å². The first-order chi connectivity index (χ1) is 7.30. The van der Waals surface area contributed by atoms with Crippen LogP contribution in [0.4, 0.5) is 0 Å². The molecule has 1 saturated carbocycles. The molecule has 1 saturated heterocycles.